The molecule has 1 saturated heterocycles. The Bertz CT molecular complexity index is 715. The lowest BCUT2D eigenvalue weighted by molar-refractivity contribution is -0.126. The smallest absolute Gasteiger partial charge is 0.322 e. The molecule has 0 radical (unpaired) electrons. The van der Waals surface area contributed by atoms with E-state index in [1.165, 1.54) is 4.90 Å². The van der Waals surface area contributed by atoms with Gasteiger partial charge in [-0.1, -0.05) is 36.4 Å². The van der Waals surface area contributed by atoms with Crippen LogP contribution in [0.4, 0.5) is 4.79 Å². The maximum atomic E-state index is 12.2. The zero-order valence-electron chi connectivity index (χ0n) is 13.2. The second-order valence-electron chi connectivity index (χ2n) is 5.44. The van der Waals surface area contributed by atoms with E-state index in [0.29, 0.717) is 12.5 Å². The number of imide groups is 1. The Morgan fingerprint density at radius 1 is 1.38 bits per heavy atom. The molecule has 2 aliphatic rings. The monoisotopic (exact) mass is 326 g/mol. The van der Waals surface area contributed by atoms with Gasteiger partial charge < -0.3 is 9.80 Å². The van der Waals surface area contributed by atoms with Gasteiger partial charge >= 0.3 is 6.03 Å². The van der Waals surface area contributed by atoms with Crippen LogP contribution in [-0.4, -0.2) is 59.7 Å². The van der Waals surface area contributed by atoms with Crippen LogP contribution in [0.3, 0.4) is 0 Å². The summed E-state index contributed by atoms with van der Waals surface area (Å²) in [6.45, 7) is 4.11. The fraction of sp³-hybridized carbons (Fsp3) is 0.250. The van der Waals surface area contributed by atoms with Crippen molar-refractivity contribution in [2.75, 3.05) is 13.6 Å². The molecular formula is C16H18N6O2. The van der Waals surface area contributed by atoms with Crippen molar-refractivity contribution in [1.82, 2.24) is 20.5 Å². The summed E-state index contributed by atoms with van der Waals surface area (Å²) in [6, 6.07) is 8.53. The van der Waals surface area contributed by atoms with Crippen molar-refractivity contribution in [3.63, 3.8) is 0 Å². The van der Waals surface area contributed by atoms with Crippen LogP contribution < -0.4 is 10.7 Å². The topological polar surface area (TPSA) is 89.4 Å². The van der Waals surface area contributed by atoms with Crippen molar-refractivity contribution in [2.24, 2.45) is 10.1 Å². The Kier molecular flexibility index (Phi) is 4.28. The molecule has 2 heterocycles. The number of nitrogens with one attached hydrogen (secondary N) is 2. The van der Waals surface area contributed by atoms with Gasteiger partial charge in [-0.25, -0.2) is 15.2 Å². The van der Waals surface area contributed by atoms with Crippen LogP contribution in [0.5, 0.6) is 0 Å². The number of amides is 3. The highest BCUT2D eigenvalue weighted by Crippen LogP contribution is 2.23. The molecule has 2 atom stereocenters. The summed E-state index contributed by atoms with van der Waals surface area (Å²) in [5.41, 5.74) is 3.79. The second-order valence-corrected chi connectivity index (χ2v) is 5.44. The highest BCUT2D eigenvalue weighted by Gasteiger charge is 2.48. The molecule has 2 N–H and O–H groups in total. The number of benzene rings is 1. The predicted molar refractivity (Wildman–Crippen MR) is 90.4 cm³/mol. The highest BCUT2D eigenvalue weighted by molar-refractivity contribution is 6.03. The van der Waals surface area contributed by atoms with Gasteiger partial charge in [-0.05, 0) is 5.56 Å². The Morgan fingerprint density at radius 3 is 2.83 bits per heavy atom. The summed E-state index contributed by atoms with van der Waals surface area (Å²) in [4.78, 5) is 31.5. The second kappa shape index (κ2) is 6.53. The van der Waals surface area contributed by atoms with Crippen molar-refractivity contribution in [1.29, 1.82) is 0 Å². The van der Waals surface area contributed by atoms with E-state index in [9.17, 15) is 9.59 Å². The van der Waals surface area contributed by atoms with Gasteiger partial charge in [0.1, 0.15) is 0 Å². The Balaban J connectivity index is 1.80. The first kappa shape index (κ1) is 15.7. The number of carbonyl (C=O) groups is 2. The SMILES string of the molecule is C=CCN1C(N/N=C\c2ccccc2)=NC2C1C(=O)NC(=O)N2C. The number of hydrogen-bond donors (Lipinski definition) is 2. The minimum absolute atomic E-state index is 0.377. The van der Waals surface area contributed by atoms with Crippen molar-refractivity contribution < 1.29 is 9.59 Å². The number of hydrogen-bond acceptors (Lipinski definition) is 6. The number of urea groups is 1. The molecule has 2 aliphatic heterocycles. The van der Waals surface area contributed by atoms with E-state index < -0.39 is 18.2 Å². The van der Waals surface area contributed by atoms with E-state index in [1.807, 2.05) is 30.3 Å². The third-order valence-electron chi connectivity index (χ3n) is 3.86. The van der Waals surface area contributed by atoms with E-state index in [4.69, 9.17) is 0 Å². The molecule has 0 saturated carbocycles. The van der Waals surface area contributed by atoms with E-state index >= 15 is 0 Å². The highest BCUT2D eigenvalue weighted by atomic mass is 16.2. The molecule has 1 fully saturated rings. The first-order chi connectivity index (χ1) is 11.6. The predicted octanol–water partition coefficient (Wildman–Crippen LogP) is 0.344. The third kappa shape index (κ3) is 2.85. The maximum absolute atomic E-state index is 12.2. The molecule has 24 heavy (non-hydrogen) atoms. The van der Waals surface area contributed by atoms with Crippen LogP contribution in [0.25, 0.3) is 0 Å². The summed E-state index contributed by atoms with van der Waals surface area (Å²) in [5.74, 6) is 0.0475. The lowest BCUT2D eigenvalue weighted by atomic mass is 10.1. The van der Waals surface area contributed by atoms with Crippen LogP contribution in [0.2, 0.25) is 0 Å². The van der Waals surface area contributed by atoms with Gasteiger partial charge in [0.15, 0.2) is 12.2 Å². The lowest BCUT2D eigenvalue weighted by Crippen LogP contribution is -2.64. The number of carbonyl (C=O) groups excluding carboxylic acids is 2. The van der Waals surface area contributed by atoms with E-state index in [-0.39, 0.29) is 5.91 Å². The maximum Gasteiger partial charge on any atom is 0.325 e. The Labute approximate surface area is 139 Å². The fourth-order valence-corrected chi connectivity index (χ4v) is 2.66. The van der Waals surface area contributed by atoms with Crippen LogP contribution in [0.15, 0.2) is 53.1 Å². The van der Waals surface area contributed by atoms with E-state index in [2.05, 4.69) is 27.4 Å². The summed E-state index contributed by atoms with van der Waals surface area (Å²) in [6.07, 6.45) is 2.75. The van der Waals surface area contributed by atoms with E-state index in [1.54, 1.807) is 24.2 Å². The van der Waals surface area contributed by atoms with Crippen LogP contribution >= 0.6 is 0 Å². The molecule has 2 unspecified atom stereocenters. The van der Waals surface area contributed by atoms with Gasteiger partial charge in [0.2, 0.25) is 5.96 Å². The number of nitrogens with zero attached hydrogens (tertiary/aromatic N) is 4. The standard InChI is InChI=1S/C16H18N6O2/c1-3-9-22-12-13(21(2)16(24)19-14(12)23)18-15(22)20-17-10-11-7-5-4-6-8-11/h3-8,10,12-13H,1,9H2,2H3,(H,18,20)(H,19,23,24)/b17-10-. The molecule has 8 nitrogen and oxygen atoms in total. The van der Waals surface area contributed by atoms with Crippen molar-refractivity contribution in [2.45, 2.75) is 12.2 Å². The quantitative estimate of drug-likeness (QED) is 0.474. The molecule has 1 aromatic rings. The van der Waals surface area contributed by atoms with Crippen molar-refractivity contribution in [3.8, 4) is 0 Å². The average Bonchev–Trinajstić information content (AvgIpc) is 2.93. The van der Waals surface area contributed by atoms with Gasteiger partial charge in [-0.3, -0.25) is 10.1 Å². The first-order valence-electron chi connectivity index (χ1n) is 7.49. The number of aliphatic imine (C=N–C) groups is 1. The minimum atomic E-state index is -0.597. The molecule has 3 rings (SSSR count). The number of fused-ring (bicyclic) bond motifs is 1. The number of likely N-dealkylation sites (N-methyl/N-ethyl adjacent to an activating group) is 1. The normalized spacial score (nSPS) is 23.1. The molecule has 0 spiro atoms. The fourth-order valence-electron chi connectivity index (χ4n) is 2.66. The largest absolute Gasteiger partial charge is 0.325 e. The molecule has 1 aromatic carbocycles. The van der Waals surface area contributed by atoms with Gasteiger partial charge in [0.25, 0.3) is 5.91 Å². The average molecular weight is 326 g/mol. The summed E-state index contributed by atoms with van der Waals surface area (Å²) in [5, 5.41) is 6.49. The Morgan fingerprint density at radius 2 is 2.12 bits per heavy atom. The molecule has 124 valence electrons. The lowest BCUT2D eigenvalue weighted by Gasteiger charge is -2.35. The van der Waals surface area contributed by atoms with Gasteiger partial charge in [0.05, 0.1) is 6.21 Å². The molecule has 0 bridgehead atoms. The zero-order valence-corrected chi connectivity index (χ0v) is 13.2. The van der Waals surface area contributed by atoms with E-state index in [0.717, 1.165) is 5.56 Å². The number of hydrazone groups is 1. The van der Waals surface area contributed by atoms with Crippen LogP contribution in [0.1, 0.15) is 5.56 Å². The number of guanidine groups is 1. The summed E-state index contributed by atoms with van der Waals surface area (Å²) < 4.78 is 0. The summed E-state index contributed by atoms with van der Waals surface area (Å²) >= 11 is 0. The molecule has 0 aliphatic carbocycles. The van der Waals surface area contributed by atoms with Crippen molar-refractivity contribution >= 4 is 24.1 Å². The van der Waals surface area contributed by atoms with Gasteiger partial charge in [-0.2, -0.15) is 5.10 Å². The first-order valence-corrected chi connectivity index (χ1v) is 7.49. The minimum Gasteiger partial charge on any atom is -0.322 e. The van der Waals surface area contributed by atoms with Gasteiger partial charge in [-0.15, -0.1) is 6.58 Å². The van der Waals surface area contributed by atoms with Crippen LogP contribution in [0, 0.1) is 0 Å². The molecule has 8 heteroatoms. The van der Waals surface area contributed by atoms with Gasteiger partial charge in [0, 0.05) is 13.6 Å². The molecule has 0 aromatic heterocycles. The number of rotatable bonds is 4. The molecular weight excluding hydrogens is 308 g/mol. The molecule has 3 amide bonds. The van der Waals surface area contributed by atoms with Crippen molar-refractivity contribution in [3.05, 3.63) is 48.6 Å². The zero-order chi connectivity index (χ0) is 17.1. The third-order valence-corrected chi connectivity index (χ3v) is 3.86. The Hall–Kier alpha value is -3.16. The summed E-state index contributed by atoms with van der Waals surface area (Å²) in [7, 11) is 1.60. The van der Waals surface area contributed by atoms with Crippen LogP contribution in [-0.2, 0) is 4.79 Å².